The summed E-state index contributed by atoms with van der Waals surface area (Å²) in [5, 5.41) is 5.22. The van der Waals surface area contributed by atoms with Crippen LogP contribution in [0.3, 0.4) is 0 Å². The minimum absolute atomic E-state index is 0.0472. The van der Waals surface area contributed by atoms with Crippen LogP contribution in [-0.4, -0.2) is 36.2 Å². The first kappa shape index (κ1) is 22.8. The lowest BCUT2D eigenvalue weighted by molar-refractivity contribution is -0.126. The predicted octanol–water partition coefficient (Wildman–Crippen LogP) is 5.91. The Morgan fingerprint density at radius 1 is 1.14 bits per heavy atom. The minimum Gasteiger partial charge on any atom is -0.355 e. The molecule has 2 aromatic carbocycles. The second-order valence-corrected chi connectivity index (χ2v) is 9.60. The van der Waals surface area contributed by atoms with E-state index in [1.54, 1.807) is 11.8 Å². The van der Waals surface area contributed by atoms with E-state index in [0.717, 1.165) is 54.6 Å². The van der Waals surface area contributed by atoms with Gasteiger partial charge in [-0.15, -0.1) is 0 Å². The summed E-state index contributed by atoms with van der Waals surface area (Å²) in [6.45, 7) is 3.29. The smallest absolute Gasteiger partial charge is 0.224 e. The van der Waals surface area contributed by atoms with Gasteiger partial charge in [0.25, 0.3) is 0 Å². The number of likely N-dealkylation sites (tertiary alicyclic amines) is 1. The Bertz CT molecular complexity index is 813. The first-order valence-electron chi connectivity index (χ1n) is 9.78. The molecule has 1 atom stereocenters. The summed E-state index contributed by atoms with van der Waals surface area (Å²) in [6, 6.07) is 13.5. The largest absolute Gasteiger partial charge is 0.355 e. The van der Waals surface area contributed by atoms with Crippen molar-refractivity contribution in [2.75, 3.05) is 25.4 Å². The number of carbonyl (C=O) groups is 1. The van der Waals surface area contributed by atoms with Gasteiger partial charge in [0, 0.05) is 46.2 Å². The topological polar surface area (TPSA) is 32.3 Å². The summed E-state index contributed by atoms with van der Waals surface area (Å²) in [6.07, 6.45) is 1.98. The van der Waals surface area contributed by atoms with Crippen molar-refractivity contribution in [3.8, 4) is 0 Å². The van der Waals surface area contributed by atoms with Crippen molar-refractivity contribution in [3.63, 3.8) is 0 Å². The van der Waals surface area contributed by atoms with E-state index >= 15 is 0 Å². The first-order valence-corrected chi connectivity index (χ1v) is 12.1. The minimum atomic E-state index is 0.0472. The van der Waals surface area contributed by atoms with Gasteiger partial charge in [-0.1, -0.05) is 53.0 Å². The Labute approximate surface area is 192 Å². The Morgan fingerprint density at radius 2 is 1.90 bits per heavy atom. The number of amides is 1. The van der Waals surface area contributed by atoms with Gasteiger partial charge in [0.1, 0.15) is 0 Å². The molecule has 3 nitrogen and oxygen atoms in total. The third-order valence-electron chi connectivity index (χ3n) is 5.03. The summed E-state index contributed by atoms with van der Waals surface area (Å²) >= 11 is 20.2. The Morgan fingerprint density at radius 3 is 2.66 bits per heavy atom. The molecule has 1 heterocycles. The average Bonchev–Trinajstić information content (AvgIpc) is 2.70. The SMILES string of the molecule is O=C(NCCSCc1c(Cl)cccc1Cl)C1CCCN(Cc2cccc(Cl)c2)C1. The van der Waals surface area contributed by atoms with Gasteiger partial charge >= 0.3 is 0 Å². The van der Waals surface area contributed by atoms with Crippen molar-refractivity contribution in [3.05, 3.63) is 68.7 Å². The van der Waals surface area contributed by atoms with Crippen molar-refractivity contribution >= 4 is 52.5 Å². The maximum atomic E-state index is 12.6. The lowest BCUT2D eigenvalue weighted by atomic mass is 9.96. The van der Waals surface area contributed by atoms with E-state index < -0.39 is 0 Å². The van der Waals surface area contributed by atoms with Crippen molar-refractivity contribution in [1.29, 1.82) is 0 Å². The number of thioether (sulfide) groups is 1. The zero-order chi connectivity index (χ0) is 20.6. The van der Waals surface area contributed by atoms with E-state index in [1.165, 1.54) is 5.56 Å². The Kier molecular flexibility index (Phi) is 9.01. The summed E-state index contributed by atoms with van der Waals surface area (Å²) in [5.41, 5.74) is 2.14. The van der Waals surface area contributed by atoms with Gasteiger partial charge in [-0.2, -0.15) is 11.8 Å². The molecule has 3 rings (SSSR count). The van der Waals surface area contributed by atoms with E-state index in [9.17, 15) is 4.79 Å². The predicted molar refractivity (Wildman–Crippen MR) is 125 cm³/mol. The van der Waals surface area contributed by atoms with Gasteiger partial charge in [0.15, 0.2) is 0 Å². The number of rotatable bonds is 8. The molecule has 1 N–H and O–H groups in total. The van der Waals surface area contributed by atoms with Gasteiger partial charge in [0.2, 0.25) is 5.91 Å². The zero-order valence-electron chi connectivity index (χ0n) is 16.2. The monoisotopic (exact) mass is 470 g/mol. The fourth-order valence-electron chi connectivity index (χ4n) is 3.54. The van der Waals surface area contributed by atoms with Crippen LogP contribution in [0.4, 0.5) is 0 Å². The van der Waals surface area contributed by atoms with Crippen molar-refractivity contribution in [2.24, 2.45) is 5.92 Å². The molecule has 7 heteroatoms. The van der Waals surface area contributed by atoms with E-state index in [1.807, 2.05) is 36.4 Å². The third kappa shape index (κ3) is 7.08. The second-order valence-electron chi connectivity index (χ2n) is 7.25. The highest BCUT2D eigenvalue weighted by atomic mass is 35.5. The number of hydrogen-bond acceptors (Lipinski definition) is 3. The molecule has 1 saturated heterocycles. The van der Waals surface area contributed by atoms with Crippen LogP contribution in [0.5, 0.6) is 0 Å². The van der Waals surface area contributed by atoms with Crippen LogP contribution in [0.15, 0.2) is 42.5 Å². The average molecular weight is 472 g/mol. The van der Waals surface area contributed by atoms with E-state index in [-0.39, 0.29) is 11.8 Å². The van der Waals surface area contributed by atoms with Crippen LogP contribution >= 0.6 is 46.6 Å². The normalized spacial score (nSPS) is 17.3. The molecule has 156 valence electrons. The van der Waals surface area contributed by atoms with E-state index in [2.05, 4.69) is 16.3 Å². The number of nitrogens with zero attached hydrogens (tertiary/aromatic N) is 1. The van der Waals surface area contributed by atoms with Crippen molar-refractivity contribution in [1.82, 2.24) is 10.2 Å². The fourth-order valence-corrected chi connectivity index (χ4v) is 5.35. The van der Waals surface area contributed by atoms with E-state index in [4.69, 9.17) is 34.8 Å². The van der Waals surface area contributed by atoms with E-state index in [0.29, 0.717) is 16.6 Å². The molecule has 1 fully saturated rings. The van der Waals surface area contributed by atoms with Gasteiger partial charge in [0.05, 0.1) is 5.92 Å². The molecule has 1 amide bonds. The highest BCUT2D eigenvalue weighted by molar-refractivity contribution is 7.98. The third-order valence-corrected chi connectivity index (χ3v) is 6.95. The molecule has 29 heavy (non-hydrogen) atoms. The van der Waals surface area contributed by atoms with Crippen LogP contribution < -0.4 is 5.32 Å². The maximum Gasteiger partial charge on any atom is 0.224 e. The number of piperidine rings is 1. The molecular weight excluding hydrogens is 447 g/mol. The molecule has 1 unspecified atom stereocenters. The molecular formula is C22H25Cl3N2OS. The van der Waals surface area contributed by atoms with Gasteiger partial charge in [-0.3, -0.25) is 9.69 Å². The number of benzene rings is 2. The molecule has 0 aromatic heterocycles. The zero-order valence-corrected chi connectivity index (χ0v) is 19.3. The lowest BCUT2D eigenvalue weighted by Gasteiger charge is -2.32. The maximum absolute atomic E-state index is 12.6. The first-order chi connectivity index (χ1) is 14.0. The van der Waals surface area contributed by atoms with Gasteiger partial charge in [-0.05, 0) is 54.8 Å². The van der Waals surface area contributed by atoms with Crippen LogP contribution in [0, 0.1) is 5.92 Å². The van der Waals surface area contributed by atoms with Gasteiger partial charge in [-0.25, -0.2) is 0 Å². The number of carbonyl (C=O) groups excluding carboxylic acids is 1. The number of halogens is 3. The van der Waals surface area contributed by atoms with Crippen LogP contribution in [0.1, 0.15) is 24.0 Å². The lowest BCUT2D eigenvalue weighted by Crippen LogP contribution is -2.43. The number of nitrogens with one attached hydrogen (secondary N) is 1. The standard InChI is InChI=1S/C22H25Cl3N2OS/c23-18-6-1-4-16(12-18)13-27-10-3-5-17(14-27)22(28)26-9-11-29-15-19-20(24)7-2-8-21(19)25/h1-2,4,6-8,12,17H,3,5,9-11,13-15H2,(H,26,28). The highest BCUT2D eigenvalue weighted by Gasteiger charge is 2.25. The van der Waals surface area contributed by atoms with Crippen LogP contribution in [0.2, 0.25) is 15.1 Å². The molecule has 0 radical (unpaired) electrons. The van der Waals surface area contributed by atoms with Crippen LogP contribution in [0.25, 0.3) is 0 Å². The Balaban J connectivity index is 1.39. The molecule has 0 bridgehead atoms. The van der Waals surface area contributed by atoms with Gasteiger partial charge < -0.3 is 5.32 Å². The fraction of sp³-hybridized carbons (Fsp3) is 0.409. The second kappa shape index (κ2) is 11.5. The highest BCUT2D eigenvalue weighted by Crippen LogP contribution is 2.28. The molecule has 2 aromatic rings. The summed E-state index contributed by atoms with van der Waals surface area (Å²) in [4.78, 5) is 14.9. The quantitative estimate of drug-likeness (QED) is 0.486. The molecule has 1 aliphatic heterocycles. The summed E-state index contributed by atoms with van der Waals surface area (Å²) in [5.74, 6) is 1.76. The molecule has 0 aliphatic carbocycles. The summed E-state index contributed by atoms with van der Waals surface area (Å²) < 4.78 is 0. The molecule has 0 spiro atoms. The van der Waals surface area contributed by atoms with Crippen molar-refractivity contribution in [2.45, 2.75) is 25.1 Å². The van der Waals surface area contributed by atoms with Crippen LogP contribution in [-0.2, 0) is 17.1 Å². The molecule has 0 saturated carbocycles. The van der Waals surface area contributed by atoms with Crippen molar-refractivity contribution < 1.29 is 4.79 Å². The Hall–Kier alpha value is -0.910. The number of hydrogen-bond donors (Lipinski definition) is 1. The molecule has 1 aliphatic rings. The summed E-state index contributed by atoms with van der Waals surface area (Å²) in [7, 11) is 0.